The number of allylic oxidation sites excluding steroid dienone is 1. The van der Waals surface area contributed by atoms with Gasteiger partial charge in [-0.15, -0.1) is 0 Å². The number of hydrogen-bond donors (Lipinski definition) is 1. The van der Waals surface area contributed by atoms with E-state index in [9.17, 15) is 5.11 Å². The molecule has 0 spiro atoms. The van der Waals surface area contributed by atoms with E-state index in [1.165, 1.54) is 29.7 Å². The molecule has 0 bridgehead atoms. The number of nitrogens with zero attached hydrogens (tertiary/aromatic N) is 1. The van der Waals surface area contributed by atoms with Crippen molar-refractivity contribution in [3.05, 3.63) is 68.7 Å². The van der Waals surface area contributed by atoms with Gasteiger partial charge < -0.3 is 10.0 Å². The molecule has 24 heavy (non-hydrogen) atoms. The van der Waals surface area contributed by atoms with Gasteiger partial charge >= 0.3 is 0 Å². The summed E-state index contributed by atoms with van der Waals surface area (Å²) in [6.45, 7) is 1.98. The Hall–Kier alpha value is -2.19. The van der Waals surface area contributed by atoms with E-state index >= 15 is 0 Å². The van der Waals surface area contributed by atoms with Crippen molar-refractivity contribution in [3.63, 3.8) is 0 Å². The molecule has 1 heterocycles. The van der Waals surface area contributed by atoms with Crippen LogP contribution in [0.4, 0.5) is 0 Å². The topological polar surface area (TPSA) is 23.5 Å². The maximum Gasteiger partial charge on any atom is 0.134 e. The van der Waals surface area contributed by atoms with Crippen LogP contribution in [0.25, 0.3) is 17.7 Å². The fourth-order valence-electron chi connectivity index (χ4n) is 3.82. The molecule has 0 amide bonds. The molecule has 2 aliphatic carbocycles. The Labute approximate surface area is 146 Å². The first-order valence-corrected chi connectivity index (χ1v) is 8.88. The predicted molar refractivity (Wildman–Crippen MR) is 98.1 cm³/mol. The highest BCUT2D eigenvalue weighted by atomic mass is 35.5. The van der Waals surface area contributed by atoms with E-state index in [-0.39, 0.29) is 5.75 Å². The molecular weight excluding hydrogens is 318 g/mol. The molecule has 0 radical (unpaired) electrons. The lowest BCUT2D eigenvalue weighted by Gasteiger charge is -2.25. The second-order valence-corrected chi connectivity index (χ2v) is 7.29. The second-order valence-electron chi connectivity index (χ2n) is 6.91. The summed E-state index contributed by atoms with van der Waals surface area (Å²) in [6.07, 6.45) is 7.18. The van der Waals surface area contributed by atoms with Crippen LogP contribution in [-0.2, 0) is 0 Å². The van der Waals surface area contributed by atoms with E-state index in [1.54, 1.807) is 6.07 Å². The molecule has 0 aromatic heterocycles. The van der Waals surface area contributed by atoms with Crippen molar-refractivity contribution in [2.24, 2.45) is 5.92 Å². The summed E-state index contributed by atoms with van der Waals surface area (Å²) in [7, 11) is 0. The molecule has 1 fully saturated rings. The molecule has 1 aliphatic heterocycles. The number of benzene rings is 2. The highest BCUT2D eigenvalue weighted by Crippen LogP contribution is 2.39. The largest absolute Gasteiger partial charge is 0.506 e. The van der Waals surface area contributed by atoms with Crippen molar-refractivity contribution in [3.8, 4) is 5.75 Å². The van der Waals surface area contributed by atoms with Gasteiger partial charge in [0, 0.05) is 29.6 Å². The van der Waals surface area contributed by atoms with Crippen LogP contribution >= 0.6 is 11.6 Å². The molecule has 2 nitrogen and oxygen atoms in total. The summed E-state index contributed by atoms with van der Waals surface area (Å²) in [5, 5.41) is 12.7. The van der Waals surface area contributed by atoms with Crippen LogP contribution in [0, 0.1) is 5.92 Å². The smallest absolute Gasteiger partial charge is 0.134 e. The van der Waals surface area contributed by atoms with Crippen molar-refractivity contribution < 1.29 is 5.11 Å². The van der Waals surface area contributed by atoms with Crippen LogP contribution in [0.1, 0.15) is 24.0 Å². The van der Waals surface area contributed by atoms with E-state index in [4.69, 9.17) is 11.6 Å². The Morgan fingerprint density at radius 3 is 2.79 bits per heavy atom. The minimum Gasteiger partial charge on any atom is -0.506 e. The summed E-state index contributed by atoms with van der Waals surface area (Å²) in [4.78, 5) is 2.47. The SMILES string of the molecule is Oc1ccc2c(c1Cl)=C1C(=Cc3ccccc31)N(CC1CC1)CC=2. The molecule has 120 valence electrons. The minimum absolute atomic E-state index is 0.149. The Balaban J connectivity index is 1.85. The van der Waals surface area contributed by atoms with E-state index < -0.39 is 0 Å². The molecule has 1 saturated carbocycles. The van der Waals surface area contributed by atoms with Crippen LogP contribution in [-0.4, -0.2) is 23.1 Å². The van der Waals surface area contributed by atoms with Gasteiger partial charge in [-0.05, 0) is 47.2 Å². The number of fused-ring (bicyclic) bond motifs is 4. The molecule has 2 aromatic carbocycles. The molecule has 5 rings (SSSR count). The highest BCUT2D eigenvalue weighted by molar-refractivity contribution is 6.32. The Bertz CT molecular complexity index is 1000. The third-order valence-corrected chi connectivity index (χ3v) is 5.61. The van der Waals surface area contributed by atoms with Gasteiger partial charge in [-0.1, -0.05) is 48.0 Å². The first-order valence-electron chi connectivity index (χ1n) is 8.51. The average molecular weight is 336 g/mol. The maximum absolute atomic E-state index is 10.2. The van der Waals surface area contributed by atoms with Gasteiger partial charge in [0.05, 0.1) is 5.02 Å². The lowest BCUT2D eigenvalue weighted by atomic mass is 10.0. The van der Waals surface area contributed by atoms with Gasteiger partial charge in [0.15, 0.2) is 0 Å². The van der Waals surface area contributed by atoms with Crippen LogP contribution < -0.4 is 10.4 Å². The lowest BCUT2D eigenvalue weighted by molar-refractivity contribution is 0.389. The fraction of sp³-hybridized carbons (Fsp3) is 0.238. The van der Waals surface area contributed by atoms with Crippen molar-refractivity contribution >= 4 is 29.3 Å². The summed E-state index contributed by atoms with van der Waals surface area (Å²) in [6, 6.07) is 12.1. The molecule has 1 N–H and O–H groups in total. The third-order valence-electron chi connectivity index (χ3n) is 5.23. The number of rotatable bonds is 2. The Morgan fingerprint density at radius 1 is 1.12 bits per heavy atom. The van der Waals surface area contributed by atoms with Gasteiger partial charge in [0.1, 0.15) is 5.75 Å². The molecule has 3 heteroatoms. The van der Waals surface area contributed by atoms with E-state index in [0.29, 0.717) is 5.02 Å². The van der Waals surface area contributed by atoms with Gasteiger partial charge in [-0.2, -0.15) is 0 Å². The van der Waals surface area contributed by atoms with E-state index in [2.05, 4.69) is 41.3 Å². The van der Waals surface area contributed by atoms with Crippen LogP contribution in [0.3, 0.4) is 0 Å². The predicted octanol–water partition coefficient (Wildman–Crippen LogP) is 3.11. The average Bonchev–Trinajstić information content (AvgIpc) is 3.35. The van der Waals surface area contributed by atoms with Gasteiger partial charge in [-0.25, -0.2) is 0 Å². The van der Waals surface area contributed by atoms with Gasteiger partial charge in [0.2, 0.25) is 0 Å². The third kappa shape index (κ3) is 2.10. The van der Waals surface area contributed by atoms with Crippen molar-refractivity contribution in [2.75, 3.05) is 13.1 Å². The second kappa shape index (κ2) is 5.15. The molecule has 0 unspecified atom stereocenters. The molecule has 0 saturated heterocycles. The number of hydrogen-bond acceptors (Lipinski definition) is 2. The zero-order valence-electron chi connectivity index (χ0n) is 13.3. The first-order chi connectivity index (χ1) is 11.7. The van der Waals surface area contributed by atoms with Crippen LogP contribution in [0.15, 0.2) is 42.1 Å². The maximum atomic E-state index is 10.2. The van der Waals surface area contributed by atoms with Crippen LogP contribution in [0.5, 0.6) is 5.75 Å². The lowest BCUT2D eigenvalue weighted by Crippen LogP contribution is -2.28. The Kier molecular flexibility index (Phi) is 3.04. The van der Waals surface area contributed by atoms with Crippen molar-refractivity contribution in [2.45, 2.75) is 12.8 Å². The summed E-state index contributed by atoms with van der Waals surface area (Å²) in [5.41, 5.74) is 4.84. The Morgan fingerprint density at radius 2 is 1.96 bits per heavy atom. The van der Waals surface area contributed by atoms with E-state index in [1.807, 2.05) is 6.07 Å². The molecule has 3 aliphatic rings. The monoisotopic (exact) mass is 335 g/mol. The van der Waals surface area contributed by atoms with Crippen molar-refractivity contribution in [1.29, 1.82) is 0 Å². The normalized spacial score (nSPS) is 18.3. The number of halogens is 1. The van der Waals surface area contributed by atoms with Crippen LogP contribution in [0.2, 0.25) is 5.02 Å². The zero-order chi connectivity index (χ0) is 16.3. The number of aromatic hydroxyl groups is 1. The molecule has 0 atom stereocenters. The standard InChI is InChI=1S/C21H18ClNO/c22-21-18(24)8-7-14-9-10-23(12-13-5-6-13)17-11-15-3-1-2-4-16(15)20(17)19(14)21/h1-4,7-9,11,13,24H,5-6,10,12H2. The van der Waals surface area contributed by atoms with Crippen molar-refractivity contribution in [1.82, 2.24) is 4.90 Å². The summed E-state index contributed by atoms with van der Waals surface area (Å²) < 4.78 is 0. The summed E-state index contributed by atoms with van der Waals surface area (Å²) >= 11 is 6.55. The molecular formula is C21H18ClNO. The minimum atomic E-state index is 0.149. The fourth-order valence-corrected chi connectivity index (χ4v) is 4.08. The zero-order valence-corrected chi connectivity index (χ0v) is 14.1. The quantitative estimate of drug-likeness (QED) is 0.911. The number of phenolic OH excluding ortho intramolecular Hbond substituents is 1. The highest BCUT2D eigenvalue weighted by Gasteiger charge is 2.30. The summed E-state index contributed by atoms with van der Waals surface area (Å²) in [5.74, 6) is 0.963. The van der Waals surface area contributed by atoms with Gasteiger partial charge in [-0.3, -0.25) is 0 Å². The molecule has 2 aromatic rings. The first kappa shape index (κ1) is 14.2. The van der Waals surface area contributed by atoms with Gasteiger partial charge in [0.25, 0.3) is 0 Å². The number of phenols is 1. The van der Waals surface area contributed by atoms with E-state index in [0.717, 1.165) is 35.0 Å².